The van der Waals surface area contributed by atoms with Crippen LogP contribution in [0.3, 0.4) is 0 Å². The normalized spacial score (nSPS) is 19.2. The Kier molecular flexibility index (Phi) is 6.05. The van der Waals surface area contributed by atoms with Crippen molar-refractivity contribution in [3.05, 3.63) is 29.8 Å². The standard InChI is InChI=1S/C17H25NO3/c1-3-21-17(19)11-15-5-4-10-18(13-15)12-14-6-8-16(20-2)9-7-14/h6-9,15H,3-5,10-13H2,1-2H3. The summed E-state index contributed by atoms with van der Waals surface area (Å²) in [6.07, 6.45) is 2.82. The number of carbonyl (C=O) groups is 1. The lowest BCUT2D eigenvalue weighted by Gasteiger charge is -2.32. The van der Waals surface area contributed by atoms with Crippen molar-refractivity contribution in [2.45, 2.75) is 32.7 Å². The van der Waals surface area contributed by atoms with E-state index in [9.17, 15) is 4.79 Å². The number of carbonyl (C=O) groups excluding carboxylic acids is 1. The lowest BCUT2D eigenvalue weighted by Crippen LogP contribution is -2.36. The number of rotatable bonds is 6. The maximum Gasteiger partial charge on any atom is 0.306 e. The van der Waals surface area contributed by atoms with Crippen molar-refractivity contribution in [1.29, 1.82) is 0 Å². The first-order valence-electron chi connectivity index (χ1n) is 7.72. The molecule has 0 aromatic heterocycles. The molecule has 1 fully saturated rings. The van der Waals surface area contributed by atoms with Gasteiger partial charge in [-0.15, -0.1) is 0 Å². The van der Waals surface area contributed by atoms with Gasteiger partial charge in [0.25, 0.3) is 0 Å². The summed E-state index contributed by atoms with van der Waals surface area (Å²) >= 11 is 0. The number of ether oxygens (including phenoxy) is 2. The van der Waals surface area contributed by atoms with Crippen LogP contribution in [0.5, 0.6) is 5.75 Å². The third kappa shape index (κ3) is 5.05. The van der Waals surface area contributed by atoms with Crippen LogP contribution in [-0.2, 0) is 16.1 Å². The number of hydrogen-bond donors (Lipinski definition) is 0. The Morgan fingerprint density at radius 1 is 1.33 bits per heavy atom. The lowest BCUT2D eigenvalue weighted by molar-refractivity contribution is -0.144. The molecule has 1 heterocycles. The van der Waals surface area contributed by atoms with Crippen molar-refractivity contribution in [1.82, 2.24) is 4.90 Å². The van der Waals surface area contributed by atoms with Gasteiger partial charge in [-0.2, -0.15) is 0 Å². The van der Waals surface area contributed by atoms with E-state index < -0.39 is 0 Å². The Bertz CT molecular complexity index is 444. The summed E-state index contributed by atoms with van der Waals surface area (Å²) in [4.78, 5) is 14.0. The first-order valence-corrected chi connectivity index (χ1v) is 7.72. The first-order chi connectivity index (χ1) is 10.2. The second kappa shape index (κ2) is 8.03. The molecule has 0 amide bonds. The number of likely N-dealkylation sites (tertiary alicyclic amines) is 1. The van der Waals surface area contributed by atoms with Crippen LogP contribution in [0.25, 0.3) is 0 Å². The van der Waals surface area contributed by atoms with E-state index in [-0.39, 0.29) is 5.97 Å². The van der Waals surface area contributed by atoms with Crippen LogP contribution in [0.4, 0.5) is 0 Å². The van der Waals surface area contributed by atoms with Crippen LogP contribution < -0.4 is 4.74 Å². The van der Waals surface area contributed by atoms with Gasteiger partial charge in [-0.05, 0) is 49.9 Å². The van der Waals surface area contributed by atoms with Crippen molar-refractivity contribution < 1.29 is 14.3 Å². The number of nitrogens with zero attached hydrogens (tertiary/aromatic N) is 1. The maximum absolute atomic E-state index is 11.6. The number of benzene rings is 1. The van der Waals surface area contributed by atoms with Gasteiger partial charge in [-0.25, -0.2) is 0 Å². The van der Waals surface area contributed by atoms with Gasteiger partial charge in [0.05, 0.1) is 13.7 Å². The van der Waals surface area contributed by atoms with Crippen LogP contribution in [0.15, 0.2) is 24.3 Å². The molecule has 4 heteroatoms. The molecule has 1 aromatic carbocycles. The highest BCUT2D eigenvalue weighted by Crippen LogP contribution is 2.22. The van der Waals surface area contributed by atoms with Crippen molar-refractivity contribution in [3.8, 4) is 5.75 Å². The summed E-state index contributed by atoms with van der Waals surface area (Å²) in [6, 6.07) is 8.20. The van der Waals surface area contributed by atoms with Gasteiger partial charge in [0.1, 0.15) is 5.75 Å². The maximum atomic E-state index is 11.6. The molecule has 1 aliphatic heterocycles. The van der Waals surface area contributed by atoms with Crippen molar-refractivity contribution in [3.63, 3.8) is 0 Å². The molecule has 1 atom stereocenters. The molecular formula is C17H25NO3. The van der Waals surface area contributed by atoms with E-state index in [0.29, 0.717) is 18.9 Å². The van der Waals surface area contributed by atoms with Gasteiger partial charge < -0.3 is 9.47 Å². The predicted molar refractivity (Wildman–Crippen MR) is 82.2 cm³/mol. The topological polar surface area (TPSA) is 38.8 Å². The molecule has 0 N–H and O–H groups in total. The van der Waals surface area contributed by atoms with E-state index in [4.69, 9.17) is 9.47 Å². The van der Waals surface area contributed by atoms with Crippen molar-refractivity contribution >= 4 is 5.97 Å². The molecule has 4 nitrogen and oxygen atoms in total. The Morgan fingerprint density at radius 2 is 2.10 bits per heavy atom. The molecule has 116 valence electrons. The molecule has 1 aromatic rings. The summed E-state index contributed by atoms with van der Waals surface area (Å²) in [5.74, 6) is 1.25. The van der Waals surface area contributed by atoms with Crippen LogP contribution in [0.1, 0.15) is 31.7 Å². The van der Waals surface area contributed by atoms with Crippen LogP contribution >= 0.6 is 0 Å². The molecule has 0 saturated carbocycles. The minimum absolute atomic E-state index is 0.0613. The summed E-state index contributed by atoms with van der Waals surface area (Å²) in [6.45, 7) is 5.34. The van der Waals surface area contributed by atoms with E-state index in [1.165, 1.54) is 5.56 Å². The van der Waals surface area contributed by atoms with E-state index in [1.807, 2.05) is 19.1 Å². The minimum Gasteiger partial charge on any atom is -0.497 e. The van der Waals surface area contributed by atoms with Gasteiger partial charge in [0.2, 0.25) is 0 Å². The monoisotopic (exact) mass is 291 g/mol. The molecule has 1 aliphatic rings. The minimum atomic E-state index is -0.0613. The predicted octanol–water partition coefficient (Wildman–Crippen LogP) is 2.86. The Balaban J connectivity index is 1.84. The molecular weight excluding hydrogens is 266 g/mol. The van der Waals surface area contributed by atoms with Crippen LogP contribution in [0.2, 0.25) is 0 Å². The second-order valence-corrected chi connectivity index (χ2v) is 5.60. The van der Waals surface area contributed by atoms with Gasteiger partial charge in [-0.1, -0.05) is 12.1 Å². The fraction of sp³-hybridized carbons (Fsp3) is 0.588. The molecule has 1 saturated heterocycles. The van der Waals surface area contributed by atoms with E-state index >= 15 is 0 Å². The molecule has 21 heavy (non-hydrogen) atoms. The highest BCUT2D eigenvalue weighted by molar-refractivity contribution is 5.69. The van der Waals surface area contributed by atoms with Crippen molar-refractivity contribution in [2.24, 2.45) is 5.92 Å². The zero-order valence-corrected chi connectivity index (χ0v) is 13.0. The average molecular weight is 291 g/mol. The van der Waals surface area contributed by atoms with Crippen molar-refractivity contribution in [2.75, 3.05) is 26.8 Å². The Labute approximate surface area is 127 Å². The van der Waals surface area contributed by atoms with Gasteiger partial charge >= 0.3 is 5.97 Å². The molecule has 2 rings (SSSR count). The second-order valence-electron chi connectivity index (χ2n) is 5.60. The molecule has 1 unspecified atom stereocenters. The Hall–Kier alpha value is -1.55. The first kappa shape index (κ1) is 15.8. The van der Waals surface area contributed by atoms with E-state index in [1.54, 1.807) is 7.11 Å². The SMILES string of the molecule is CCOC(=O)CC1CCCN(Cc2ccc(OC)cc2)C1. The van der Waals surface area contributed by atoms with Gasteiger partial charge in [0.15, 0.2) is 0 Å². The molecule has 0 spiro atoms. The Morgan fingerprint density at radius 3 is 2.76 bits per heavy atom. The van der Waals surface area contributed by atoms with E-state index in [2.05, 4.69) is 17.0 Å². The smallest absolute Gasteiger partial charge is 0.306 e. The highest BCUT2D eigenvalue weighted by atomic mass is 16.5. The molecule has 0 aliphatic carbocycles. The molecule has 0 bridgehead atoms. The lowest BCUT2D eigenvalue weighted by atomic mass is 9.94. The zero-order valence-electron chi connectivity index (χ0n) is 13.0. The van der Waals surface area contributed by atoms with Crippen LogP contribution in [-0.4, -0.2) is 37.7 Å². The summed E-state index contributed by atoms with van der Waals surface area (Å²) < 4.78 is 10.2. The van der Waals surface area contributed by atoms with E-state index in [0.717, 1.165) is 38.2 Å². The van der Waals surface area contributed by atoms with Crippen LogP contribution in [0, 0.1) is 5.92 Å². The summed E-state index contributed by atoms with van der Waals surface area (Å²) in [7, 11) is 1.68. The number of piperidine rings is 1. The largest absolute Gasteiger partial charge is 0.497 e. The summed E-state index contributed by atoms with van der Waals surface area (Å²) in [5, 5.41) is 0. The number of hydrogen-bond acceptors (Lipinski definition) is 4. The summed E-state index contributed by atoms with van der Waals surface area (Å²) in [5.41, 5.74) is 1.28. The van der Waals surface area contributed by atoms with Gasteiger partial charge in [-0.3, -0.25) is 9.69 Å². The fourth-order valence-electron chi connectivity index (χ4n) is 2.91. The van der Waals surface area contributed by atoms with Gasteiger partial charge in [0, 0.05) is 19.5 Å². The number of esters is 1. The fourth-order valence-corrected chi connectivity index (χ4v) is 2.91. The number of methoxy groups -OCH3 is 1. The highest BCUT2D eigenvalue weighted by Gasteiger charge is 2.22. The third-order valence-corrected chi connectivity index (χ3v) is 3.93. The molecule has 0 radical (unpaired) electrons. The zero-order chi connectivity index (χ0) is 15.1. The third-order valence-electron chi connectivity index (χ3n) is 3.93. The average Bonchev–Trinajstić information content (AvgIpc) is 2.48. The quantitative estimate of drug-likeness (QED) is 0.756.